The third-order valence-electron chi connectivity index (χ3n) is 6.95. The van der Waals surface area contributed by atoms with Gasteiger partial charge in [0.1, 0.15) is 5.75 Å². The number of rotatable bonds is 7. The van der Waals surface area contributed by atoms with Gasteiger partial charge in [-0.3, -0.25) is 0 Å². The first kappa shape index (κ1) is 26.8. The van der Waals surface area contributed by atoms with E-state index in [4.69, 9.17) is 16.3 Å². The molecular weight excluding hydrogens is 549 g/mol. The van der Waals surface area contributed by atoms with Gasteiger partial charge in [-0.15, -0.1) is 0 Å². The zero-order valence-corrected chi connectivity index (χ0v) is 24.0. The van der Waals surface area contributed by atoms with Crippen molar-refractivity contribution in [1.82, 2.24) is 4.57 Å². The zero-order chi connectivity index (χ0) is 28.3. The van der Waals surface area contributed by atoms with Crippen LogP contribution in [0.5, 0.6) is 5.75 Å². The molecule has 0 bridgehead atoms. The molecule has 0 fully saturated rings. The average Bonchev–Trinajstić information content (AvgIpc) is 3.36. The molecule has 41 heavy (non-hydrogen) atoms. The number of esters is 1. The number of ether oxygens (including phenoxy) is 1. The summed E-state index contributed by atoms with van der Waals surface area (Å²) in [4.78, 5) is 13.6. The molecule has 0 atom stereocenters. The molecule has 0 amide bonds. The monoisotopic (exact) mass is 575 g/mol. The van der Waals surface area contributed by atoms with E-state index in [1.807, 2.05) is 60.7 Å². The predicted molar refractivity (Wildman–Crippen MR) is 170 cm³/mol. The maximum Gasteiger partial charge on any atom is 0.341 e. The Morgan fingerprint density at radius 3 is 2.02 bits per heavy atom. The number of aromatic hydroxyl groups is 1. The molecule has 0 saturated carbocycles. The maximum absolute atomic E-state index is 13.6. The van der Waals surface area contributed by atoms with Crippen LogP contribution in [0, 0.1) is 0 Å². The standard InChI is InChI=1S/C35H27ClNO3P/c1-2-40-35(39)33-32-28(19-12-20-30(32)38)37(34(33)24-13-6-3-7-14-24)29-23-25(36)21-22-31(29)41(26-15-8-4-9-16-26)27-17-10-5-11-18-27/h3-23,38H,2H2,1H3. The molecule has 0 radical (unpaired) electrons. The van der Waals surface area contributed by atoms with Crippen LogP contribution in [0.15, 0.2) is 127 Å². The number of benzene rings is 5. The fourth-order valence-corrected chi connectivity index (χ4v) is 7.87. The van der Waals surface area contributed by atoms with Gasteiger partial charge in [0.15, 0.2) is 0 Å². The third kappa shape index (κ3) is 5.02. The number of carbonyl (C=O) groups is 1. The van der Waals surface area contributed by atoms with E-state index in [9.17, 15) is 9.90 Å². The van der Waals surface area contributed by atoms with Gasteiger partial charge < -0.3 is 14.4 Å². The molecule has 1 aromatic heterocycles. The first-order valence-corrected chi connectivity index (χ1v) is 15.1. The lowest BCUT2D eigenvalue weighted by molar-refractivity contribution is 0.0529. The lowest BCUT2D eigenvalue weighted by Gasteiger charge is -2.24. The molecule has 0 saturated heterocycles. The lowest BCUT2D eigenvalue weighted by Crippen LogP contribution is -2.24. The van der Waals surface area contributed by atoms with E-state index < -0.39 is 13.9 Å². The Morgan fingerprint density at radius 1 is 0.805 bits per heavy atom. The normalized spacial score (nSPS) is 11.2. The SMILES string of the molecule is CCOC(=O)c1c(-c2ccccc2)n(-c2cc(Cl)ccc2P(c2ccccc2)c2ccccc2)c2cccc(O)c12. The summed E-state index contributed by atoms with van der Waals surface area (Å²) in [5.41, 5.74) is 3.30. The molecule has 4 nitrogen and oxygen atoms in total. The van der Waals surface area contributed by atoms with Gasteiger partial charge in [-0.1, -0.05) is 115 Å². The summed E-state index contributed by atoms with van der Waals surface area (Å²) in [5, 5.41) is 15.6. The summed E-state index contributed by atoms with van der Waals surface area (Å²) in [7, 11) is -1.02. The van der Waals surface area contributed by atoms with Gasteiger partial charge in [0.25, 0.3) is 0 Å². The number of fused-ring (bicyclic) bond motifs is 1. The van der Waals surface area contributed by atoms with Crippen molar-refractivity contribution in [3.05, 3.63) is 138 Å². The minimum absolute atomic E-state index is 0.0124. The quantitative estimate of drug-likeness (QED) is 0.158. The molecule has 1 N–H and O–H groups in total. The molecule has 0 spiro atoms. The molecule has 6 heteroatoms. The number of hydrogen-bond donors (Lipinski definition) is 1. The predicted octanol–water partition coefficient (Wildman–Crippen LogP) is 7.59. The molecule has 0 unspecified atom stereocenters. The van der Waals surface area contributed by atoms with Crippen LogP contribution in [-0.2, 0) is 4.74 Å². The van der Waals surface area contributed by atoms with Crippen LogP contribution in [-0.4, -0.2) is 22.2 Å². The van der Waals surface area contributed by atoms with Gasteiger partial charge in [0, 0.05) is 10.3 Å². The second-order valence-corrected chi connectivity index (χ2v) is 12.1. The molecular formula is C35H27ClNO3P. The Morgan fingerprint density at radius 2 is 1.41 bits per heavy atom. The Bertz CT molecular complexity index is 1800. The van der Waals surface area contributed by atoms with Crippen molar-refractivity contribution in [3.8, 4) is 22.7 Å². The van der Waals surface area contributed by atoms with Crippen LogP contribution in [0.1, 0.15) is 17.3 Å². The van der Waals surface area contributed by atoms with Gasteiger partial charge in [-0.2, -0.15) is 0 Å². The first-order chi connectivity index (χ1) is 20.1. The van der Waals surface area contributed by atoms with Crippen LogP contribution in [0.2, 0.25) is 5.02 Å². The van der Waals surface area contributed by atoms with Gasteiger partial charge in [0.2, 0.25) is 0 Å². The summed E-state index contributed by atoms with van der Waals surface area (Å²) >= 11 is 6.72. The maximum atomic E-state index is 13.6. The van der Waals surface area contributed by atoms with Crippen molar-refractivity contribution < 1.29 is 14.6 Å². The number of phenols is 1. The average molecular weight is 576 g/mol. The molecule has 5 aromatic carbocycles. The second kappa shape index (κ2) is 11.6. The van der Waals surface area contributed by atoms with Crippen LogP contribution < -0.4 is 15.9 Å². The number of phenolic OH excluding ortho intramolecular Hbond substituents is 1. The van der Waals surface area contributed by atoms with E-state index in [2.05, 4.69) is 59.2 Å². The van der Waals surface area contributed by atoms with Crippen LogP contribution in [0.25, 0.3) is 27.8 Å². The number of carbonyl (C=O) groups excluding carboxylic acids is 1. The van der Waals surface area contributed by atoms with Crippen molar-refractivity contribution in [2.45, 2.75) is 6.92 Å². The number of hydrogen-bond acceptors (Lipinski definition) is 3. The highest BCUT2D eigenvalue weighted by Crippen LogP contribution is 2.43. The smallest absolute Gasteiger partial charge is 0.341 e. The number of nitrogens with zero attached hydrogens (tertiary/aromatic N) is 1. The summed E-state index contributed by atoms with van der Waals surface area (Å²) in [6, 6.07) is 41.9. The van der Waals surface area contributed by atoms with E-state index in [1.54, 1.807) is 19.1 Å². The molecule has 6 rings (SSSR count). The van der Waals surface area contributed by atoms with E-state index in [0.717, 1.165) is 16.6 Å². The summed E-state index contributed by atoms with van der Waals surface area (Å²) in [5.74, 6) is -0.480. The summed E-state index contributed by atoms with van der Waals surface area (Å²) in [6.45, 7) is 1.99. The molecule has 1 heterocycles. The zero-order valence-electron chi connectivity index (χ0n) is 22.4. The highest BCUT2D eigenvalue weighted by molar-refractivity contribution is 7.80. The van der Waals surface area contributed by atoms with Gasteiger partial charge >= 0.3 is 5.97 Å². The Hall–Kier alpha value is -4.37. The lowest BCUT2D eigenvalue weighted by atomic mass is 10.0. The van der Waals surface area contributed by atoms with Crippen molar-refractivity contribution in [1.29, 1.82) is 0 Å². The van der Waals surface area contributed by atoms with Crippen molar-refractivity contribution in [2.24, 2.45) is 0 Å². The molecule has 202 valence electrons. The topological polar surface area (TPSA) is 51.5 Å². The highest BCUT2D eigenvalue weighted by atomic mass is 35.5. The fourth-order valence-electron chi connectivity index (χ4n) is 5.29. The van der Waals surface area contributed by atoms with Crippen LogP contribution in [0.4, 0.5) is 0 Å². The molecule has 0 aliphatic rings. The van der Waals surface area contributed by atoms with Gasteiger partial charge in [0.05, 0.1) is 34.5 Å². The van der Waals surface area contributed by atoms with Gasteiger partial charge in [-0.25, -0.2) is 4.79 Å². The van der Waals surface area contributed by atoms with Crippen LogP contribution in [0.3, 0.4) is 0 Å². The first-order valence-electron chi connectivity index (χ1n) is 13.4. The highest BCUT2D eigenvalue weighted by Gasteiger charge is 2.30. The second-order valence-electron chi connectivity index (χ2n) is 9.46. The summed E-state index contributed by atoms with van der Waals surface area (Å²) in [6.07, 6.45) is 0. The minimum atomic E-state index is -1.02. The largest absolute Gasteiger partial charge is 0.507 e. The Balaban J connectivity index is 1.76. The van der Waals surface area contributed by atoms with Crippen molar-refractivity contribution in [3.63, 3.8) is 0 Å². The number of aromatic nitrogens is 1. The van der Waals surface area contributed by atoms with E-state index in [-0.39, 0.29) is 12.4 Å². The minimum Gasteiger partial charge on any atom is -0.507 e. The Kier molecular flexibility index (Phi) is 7.61. The van der Waals surface area contributed by atoms with Crippen LogP contribution >= 0.6 is 19.5 Å². The summed E-state index contributed by atoms with van der Waals surface area (Å²) < 4.78 is 7.61. The molecule has 6 aromatic rings. The van der Waals surface area contributed by atoms with Crippen molar-refractivity contribution >= 4 is 52.3 Å². The third-order valence-corrected chi connectivity index (χ3v) is 9.67. The van der Waals surface area contributed by atoms with Gasteiger partial charge in [-0.05, 0) is 55.3 Å². The van der Waals surface area contributed by atoms with E-state index in [0.29, 0.717) is 27.2 Å². The van der Waals surface area contributed by atoms with E-state index in [1.165, 1.54) is 10.6 Å². The molecule has 0 aliphatic carbocycles. The fraction of sp³-hybridized carbons (Fsp3) is 0.0571. The Labute approximate surface area is 245 Å². The molecule has 0 aliphatic heterocycles. The number of halogens is 1. The van der Waals surface area contributed by atoms with E-state index >= 15 is 0 Å². The van der Waals surface area contributed by atoms with Crippen molar-refractivity contribution in [2.75, 3.05) is 6.61 Å².